The zero-order chi connectivity index (χ0) is 5.28. The SMILES string of the molecule is OC1N=CNC1O. The van der Waals surface area contributed by atoms with Crippen LogP contribution in [0.4, 0.5) is 0 Å². The lowest BCUT2D eigenvalue weighted by atomic mass is 10.5. The Morgan fingerprint density at radius 2 is 2.29 bits per heavy atom. The molecular formula is C3H6N2O2. The lowest BCUT2D eigenvalue weighted by molar-refractivity contribution is 0.0288. The molecule has 0 aromatic carbocycles. The zero-order valence-electron chi connectivity index (χ0n) is 3.57. The highest BCUT2D eigenvalue weighted by Gasteiger charge is 2.16. The van der Waals surface area contributed by atoms with E-state index < -0.39 is 12.5 Å². The highest BCUT2D eigenvalue weighted by molar-refractivity contribution is 5.57. The monoisotopic (exact) mass is 102 g/mol. The molecule has 1 aliphatic heterocycles. The second-order valence-electron chi connectivity index (χ2n) is 1.30. The summed E-state index contributed by atoms with van der Waals surface area (Å²) in [6.45, 7) is 0. The van der Waals surface area contributed by atoms with E-state index in [9.17, 15) is 0 Å². The summed E-state index contributed by atoms with van der Waals surface area (Å²) in [6.07, 6.45) is -0.602. The van der Waals surface area contributed by atoms with Gasteiger partial charge in [-0.15, -0.1) is 0 Å². The molecule has 0 radical (unpaired) electrons. The largest absolute Gasteiger partial charge is 0.369 e. The Kier molecular flexibility index (Phi) is 0.958. The first kappa shape index (κ1) is 4.55. The van der Waals surface area contributed by atoms with E-state index in [0.717, 1.165) is 0 Å². The molecule has 1 aliphatic rings. The lowest BCUT2D eigenvalue weighted by Gasteiger charge is -2.02. The number of nitrogens with zero attached hydrogens (tertiary/aromatic N) is 1. The van der Waals surface area contributed by atoms with Crippen molar-refractivity contribution in [2.24, 2.45) is 4.99 Å². The minimum absolute atomic E-state index is 0.903. The van der Waals surface area contributed by atoms with Gasteiger partial charge in [0.15, 0.2) is 12.5 Å². The van der Waals surface area contributed by atoms with Crippen LogP contribution >= 0.6 is 0 Å². The van der Waals surface area contributed by atoms with Gasteiger partial charge in [-0.2, -0.15) is 0 Å². The molecule has 0 aromatic rings. The topological polar surface area (TPSA) is 64.9 Å². The third-order valence-corrected chi connectivity index (χ3v) is 0.755. The maximum Gasteiger partial charge on any atom is 0.191 e. The lowest BCUT2D eigenvalue weighted by Crippen LogP contribution is -2.30. The molecule has 0 spiro atoms. The number of hydrogen-bond acceptors (Lipinski definition) is 4. The van der Waals surface area contributed by atoms with Gasteiger partial charge >= 0.3 is 0 Å². The minimum Gasteiger partial charge on any atom is -0.369 e. The normalized spacial score (nSPS) is 38.6. The van der Waals surface area contributed by atoms with E-state index in [2.05, 4.69) is 10.3 Å². The van der Waals surface area contributed by atoms with Crippen molar-refractivity contribution in [3.05, 3.63) is 0 Å². The predicted octanol–water partition coefficient (Wildman–Crippen LogP) is -1.75. The summed E-state index contributed by atoms with van der Waals surface area (Å²) in [5, 5.41) is 19.4. The fourth-order valence-corrected chi connectivity index (χ4v) is 0.363. The van der Waals surface area contributed by atoms with Crippen molar-refractivity contribution in [3.8, 4) is 0 Å². The number of hydrogen-bond donors (Lipinski definition) is 3. The van der Waals surface area contributed by atoms with Gasteiger partial charge in [0.25, 0.3) is 0 Å². The van der Waals surface area contributed by atoms with Gasteiger partial charge in [0, 0.05) is 0 Å². The standard InChI is InChI=1S/C3H6N2O2/c6-2-3(7)5-1-4-2/h1-3,6-7H,(H,4,5). The number of nitrogens with one attached hydrogen (secondary N) is 1. The van der Waals surface area contributed by atoms with Crippen LogP contribution in [0, 0.1) is 0 Å². The Labute approximate surface area is 40.5 Å². The number of aliphatic hydroxyl groups excluding tert-OH is 2. The Morgan fingerprint density at radius 1 is 1.57 bits per heavy atom. The van der Waals surface area contributed by atoms with E-state index in [0.29, 0.717) is 0 Å². The second-order valence-corrected chi connectivity index (χ2v) is 1.30. The van der Waals surface area contributed by atoms with E-state index in [-0.39, 0.29) is 0 Å². The first-order valence-corrected chi connectivity index (χ1v) is 1.94. The molecule has 1 heterocycles. The molecule has 0 aliphatic carbocycles. The summed E-state index contributed by atoms with van der Waals surface area (Å²) in [4.78, 5) is 3.39. The van der Waals surface area contributed by atoms with Crippen LogP contribution < -0.4 is 5.32 Å². The molecular weight excluding hydrogens is 96.0 g/mol. The van der Waals surface area contributed by atoms with Crippen LogP contribution in [0.5, 0.6) is 0 Å². The molecule has 1 rings (SSSR count). The van der Waals surface area contributed by atoms with E-state index >= 15 is 0 Å². The summed E-state index contributed by atoms with van der Waals surface area (Å²) < 4.78 is 0. The van der Waals surface area contributed by atoms with Gasteiger partial charge < -0.3 is 15.5 Å². The molecule has 4 heteroatoms. The molecule has 0 saturated carbocycles. The van der Waals surface area contributed by atoms with Gasteiger partial charge in [-0.3, -0.25) is 0 Å². The molecule has 0 fully saturated rings. The van der Waals surface area contributed by atoms with Crippen molar-refractivity contribution in [2.45, 2.75) is 12.5 Å². The third-order valence-electron chi connectivity index (χ3n) is 0.755. The van der Waals surface area contributed by atoms with E-state index in [1.165, 1.54) is 6.34 Å². The van der Waals surface area contributed by atoms with Crippen LogP contribution in [0.15, 0.2) is 4.99 Å². The molecule has 0 amide bonds. The molecule has 4 nitrogen and oxygen atoms in total. The minimum atomic E-state index is -0.972. The van der Waals surface area contributed by atoms with E-state index in [1.54, 1.807) is 0 Å². The van der Waals surface area contributed by atoms with Crippen LogP contribution in [0.25, 0.3) is 0 Å². The van der Waals surface area contributed by atoms with Crippen LogP contribution in [-0.2, 0) is 0 Å². The number of aliphatic hydroxyl groups is 2. The number of rotatable bonds is 0. The third kappa shape index (κ3) is 0.703. The average molecular weight is 102 g/mol. The Balaban J connectivity index is 2.45. The summed E-state index contributed by atoms with van der Waals surface area (Å²) in [5.41, 5.74) is 0. The van der Waals surface area contributed by atoms with Gasteiger partial charge in [-0.05, 0) is 0 Å². The molecule has 7 heavy (non-hydrogen) atoms. The summed E-state index contributed by atoms with van der Waals surface area (Å²) in [5.74, 6) is 0. The molecule has 40 valence electrons. The molecule has 2 atom stereocenters. The van der Waals surface area contributed by atoms with Crippen LogP contribution in [0.2, 0.25) is 0 Å². The summed E-state index contributed by atoms with van der Waals surface area (Å²) >= 11 is 0. The second kappa shape index (κ2) is 1.48. The van der Waals surface area contributed by atoms with Crippen molar-refractivity contribution in [1.29, 1.82) is 0 Å². The summed E-state index contributed by atoms with van der Waals surface area (Å²) in [6, 6.07) is 0. The van der Waals surface area contributed by atoms with Crippen molar-refractivity contribution >= 4 is 6.34 Å². The average Bonchev–Trinajstić information content (AvgIpc) is 1.91. The van der Waals surface area contributed by atoms with Gasteiger partial charge in [-0.25, -0.2) is 4.99 Å². The maximum atomic E-state index is 8.51. The molecule has 0 bridgehead atoms. The van der Waals surface area contributed by atoms with Crippen LogP contribution in [-0.4, -0.2) is 29.0 Å². The Morgan fingerprint density at radius 3 is 2.43 bits per heavy atom. The first-order chi connectivity index (χ1) is 3.30. The highest BCUT2D eigenvalue weighted by Crippen LogP contribution is 1.93. The number of aliphatic imine (C=N–C) groups is 1. The smallest absolute Gasteiger partial charge is 0.191 e. The highest BCUT2D eigenvalue weighted by atomic mass is 16.4. The quantitative estimate of drug-likeness (QED) is 0.340. The Hall–Kier alpha value is -0.610. The van der Waals surface area contributed by atoms with Gasteiger partial charge in [0.1, 0.15) is 0 Å². The zero-order valence-corrected chi connectivity index (χ0v) is 3.57. The molecule has 0 aromatic heterocycles. The summed E-state index contributed by atoms with van der Waals surface area (Å²) in [7, 11) is 0. The van der Waals surface area contributed by atoms with E-state index in [1.807, 2.05) is 0 Å². The van der Waals surface area contributed by atoms with Crippen molar-refractivity contribution in [2.75, 3.05) is 0 Å². The molecule has 0 saturated heterocycles. The van der Waals surface area contributed by atoms with Gasteiger partial charge in [-0.1, -0.05) is 0 Å². The molecule has 3 N–H and O–H groups in total. The maximum absolute atomic E-state index is 8.51. The van der Waals surface area contributed by atoms with Gasteiger partial charge in [0.2, 0.25) is 0 Å². The van der Waals surface area contributed by atoms with Crippen molar-refractivity contribution < 1.29 is 10.2 Å². The molecule has 2 unspecified atom stereocenters. The predicted molar refractivity (Wildman–Crippen MR) is 23.6 cm³/mol. The van der Waals surface area contributed by atoms with Crippen LogP contribution in [0.1, 0.15) is 0 Å². The fourth-order valence-electron chi connectivity index (χ4n) is 0.363. The van der Waals surface area contributed by atoms with Crippen molar-refractivity contribution in [1.82, 2.24) is 5.32 Å². The van der Waals surface area contributed by atoms with Crippen molar-refractivity contribution in [3.63, 3.8) is 0 Å². The van der Waals surface area contributed by atoms with Crippen LogP contribution in [0.3, 0.4) is 0 Å². The first-order valence-electron chi connectivity index (χ1n) is 1.94. The van der Waals surface area contributed by atoms with E-state index in [4.69, 9.17) is 10.2 Å². The van der Waals surface area contributed by atoms with Gasteiger partial charge in [0.05, 0.1) is 6.34 Å². The fraction of sp³-hybridized carbons (Fsp3) is 0.667. The Bertz CT molecular complexity index is 92.9.